The fourth-order valence-corrected chi connectivity index (χ4v) is 2.89. The number of rotatable bonds is 7. The Balaban J connectivity index is 1.67. The van der Waals surface area contributed by atoms with E-state index in [0.717, 1.165) is 10.2 Å². The Morgan fingerprint density at radius 3 is 2.42 bits per heavy atom. The number of aryl methyl sites for hydroxylation is 1. The van der Waals surface area contributed by atoms with Crippen molar-refractivity contribution in [3.63, 3.8) is 0 Å². The molecule has 0 bridgehead atoms. The number of benzene rings is 2. The third-order valence-electron chi connectivity index (χ3n) is 4.38. The van der Waals surface area contributed by atoms with Crippen molar-refractivity contribution in [2.75, 3.05) is 30.6 Å². The van der Waals surface area contributed by atoms with Gasteiger partial charge in [0.1, 0.15) is 6.54 Å². The van der Waals surface area contributed by atoms with Crippen LogP contribution < -0.4 is 25.8 Å². The molecule has 0 aliphatic rings. The molecule has 0 atom stereocenters. The number of methoxy groups -OCH3 is 2. The third kappa shape index (κ3) is 5.04. The summed E-state index contributed by atoms with van der Waals surface area (Å²) in [5, 5.41) is 13.5. The Morgan fingerprint density at radius 2 is 1.74 bits per heavy atom. The van der Waals surface area contributed by atoms with Gasteiger partial charge in [-0.1, -0.05) is 22.9 Å². The van der Waals surface area contributed by atoms with Gasteiger partial charge in [0.05, 0.1) is 14.2 Å². The molecule has 0 fully saturated rings. The summed E-state index contributed by atoms with van der Waals surface area (Å²) in [6.07, 6.45) is 0. The number of hydrogen-bond donors (Lipinski definition) is 3. The minimum absolute atomic E-state index is 0.0434. The molecule has 0 spiro atoms. The number of nitrogens with two attached hydrogens (primary N) is 1. The molecule has 11 heteroatoms. The van der Waals surface area contributed by atoms with Gasteiger partial charge in [0, 0.05) is 22.5 Å². The second-order valence-corrected chi connectivity index (χ2v) is 6.92. The first-order valence-corrected chi connectivity index (χ1v) is 9.48. The largest absolute Gasteiger partial charge is 0.493 e. The number of anilines is 3. The lowest BCUT2D eigenvalue weighted by molar-refractivity contribution is -0.116. The highest BCUT2D eigenvalue weighted by atomic mass is 35.5. The smallest absolute Gasteiger partial charge is 0.280 e. The molecule has 2 aromatic carbocycles. The molecular weight excluding hydrogens is 424 g/mol. The van der Waals surface area contributed by atoms with E-state index in [0.29, 0.717) is 27.9 Å². The summed E-state index contributed by atoms with van der Waals surface area (Å²) in [5.74, 6) is -0.0227. The highest BCUT2D eigenvalue weighted by Crippen LogP contribution is 2.29. The van der Waals surface area contributed by atoms with Crippen molar-refractivity contribution in [1.29, 1.82) is 0 Å². The quantitative estimate of drug-likeness (QED) is 0.510. The molecule has 0 radical (unpaired) electrons. The maximum atomic E-state index is 12.5. The lowest BCUT2D eigenvalue weighted by Crippen LogP contribution is -2.21. The number of halogens is 1. The topological polar surface area (TPSA) is 133 Å². The predicted octanol–water partition coefficient (Wildman–Crippen LogP) is 2.73. The molecule has 1 aromatic heterocycles. The van der Waals surface area contributed by atoms with E-state index in [1.807, 2.05) is 6.92 Å². The zero-order chi connectivity index (χ0) is 22.5. The lowest BCUT2D eigenvalue weighted by atomic mass is 10.2. The van der Waals surface area contributed by atoms with Crippen LogP contribution in [0.5, 0.6) is 11.5 Å². The minimum atomic E-state index is -0.566. The summed E-state index contributed by atoms with van der Waals surface area (Å²) in [4.78, 5) is 24.9. The van der Waals surface area contributed by atoms with E-state index in [9.17, 15) is 9.59 Å². The molecule has 162 valence electrons. The zero-order valence-electron chi connectivity index (χ0n) is 17.1. The molecule has 0 aliphatic heterocycles. The number of carbonyl (C=O) groups excluding carboxylic acids is 2. The van der Waals surface area contributed by atoms with E-state index in [4.69, 9.17) is 26.8 Å². The molecule has 4 N–H and O–H groups in total. The fraction of sp³-hybridized carbons (Fsp3) is 0.200. The van der Waals surface area contributed by atoms with Crippen LogP contribution in [-0.4, -0.2) is 41.0 Å². The Kier molecular flexibility index (Phi) is 6.61. The number of nitrogen functional groups attached to an aromatic ring is 1. The van der Waals surface area contributed by atoms with Crippen molar-refractivity contribution in [3.05, 3.63) is 52.7 Å². The van der Waals surface area contributed by atoms with Crippen molar-refractivity contribution < 1.29 is 19.1 Å². The molecule has 31 heavy (non-hydrogen) atoms. The SMILES string of the molecule is COc1ccc(NC(=O)Cn2nnc(C(=O)Nc3ccc(C)c(Cl)c3)c2N)cc1OC. The predicted molar refractivity (Wildman–Crippen MR) is 117 cm³/mol. The zero-order valence-corrected chi connectivity index (χ0v) is 17.9. The van der Waals surface area contributed by atoms with Crippen LogP contribution in [-0.2, 0) is 11.3 Å². The second-order valence-electron chi connectivity index (χ2n) is 6.52. The van der Waals surface area contributed by atoms with Gasteiger partial charge in [-0.3, -0.25) is 9.59 Å². The number of ether oxygens (including phenoxy) is 2. The molecule has 3 rings (SSSR count). The standard InChI is InChI=1S/C20H21ClN6O4/c1-11-4-5-12(8-14(11)21)24-20(29)18-19(22)27(26-25-18)10-17(28)23-13-6-7-15(30-2)16(9-13)31-3/h4-9H,10,22H2,1-3H3,(H,23,28)(H,24,29). The molecule has 0 aliphatic carbocycles. The van der Waals surface area contributed by atoms with E-state index in [1.54, 1.807) is 36.4 Å². The summed E-state index contributed by atoms with van der Waals surface area (Å²) in [6, 6.07) is 10.0. The number of nitrogens with zero attached hydrogens (tertiary/aromatic N) is 3. The summed E-state index contributed by atoms with van der Waals surface area (Å²) >= 11 is 6.07. The van der Waals surface area contributed by atoms with Gasteiger partial charge < -0.3 is 25.8 Å². The second kappa shape index (κ2) is 9.35. The highest BCUT2D eigenvalue weighted by Gasteiger charge is 2.19. The normalized spacial score (nSPS) is 10.5. The van der Waals surface area contributed by atoms with Crippen molar-refractivity contribution in [2.24, 2.45) is 0 Å². The minimum Gasteiger partial charge on any atom is -0.493 e. The van der Waals surface area contributed by atoms with Gasteiger partial charge in [-0.2, -0.15) is 0 Å². The van der Waals surface area contributed by atoms with Crippen molar-refractivity contribution in [2.45, 2.75) is 13.5 Å². The maximum Gasteiger partial charge on any atom is 0.280 e. The summed E-state index contributed by atoms with van der Waals surface area (Å²) in [5.41, 5.74) is 7.73. The van der Waals surface area contributed by atoms with Crippen molar-refractivity contribution in [3.8, 4) is 11.5 Å². The average molecular weight is 445 g/mol. The number of carbonyl (C=O) groups is 2. The Bertz CT molecular complexity index is 1130. The van der Waals surface area contributed by atoms with Gasteiger partial charge in [-0.15, -0.1) is 5.10 Å². The molecular formula is C20H21ClN6O4. The Labute approximate surface area is 183 Å². The molecule has 2 amide bonds. The van der Waals surface area contributed by atoms with Crippen LogP contribution in [0.1, 0.15) is 16.1 Å². The molecule has 0 saturated heterocycles. The molecule has 1 heterocycles. The van der Waals surface area contributed by atoms with Crippen LogP contribution in [0.3, 0.4) is 0 Å². The first-order valence-electron chi connectivity index (χ1n) is 9.10. The number of nitrogens with one attached hydrogen (secondary N) is 2. The van der Waals surface area contributed by atoms with Gasteiger partial charge in [0.2, 0.25) is 5.91 Å². The van der Waals surface area contributed by atoms with Crippen molar-refractivity contribution >= 4 is 40.6 Å². The van der Waals surface area contributed by atoms with Gasteiger partial charge in [-0.05, 0) is 36.8 Å². The summed E-state index contributed by atoms with van der Waals surface area (Å²) in [7, 11) is 3.02. The van der Waals surface area contributed by atoms with E-state index < -0.39 is 11.8 Å². The average Bonchev–Trinajstić information content (AvgIpc) is 3.10. The monoisotopic (exact) mass is 444 g/mol. The van der Waals surface area contributed by atoms with Crippen LogP contribution in [0.2, 0.25) is 5.02 Å². The maximum absolute atomic E-state index is 12.5. The van der Waals surface area contributed by atoms with E-state index in [1.165, 1.54) is 14.2 Å². The molecule has 3 aromatic rings. The lowest BCUT2D eigenvalue weighted by Gasteiger charge is -2.11. The molecule has 0 unspecified atom stereocenters. The van der Waals surface area contributed by atoms with Crippen molar-refractivity contribution in [1.82, 2.24) is 15.0 Å². The van der Waals surface area contributed by atoms with Gasteiger partial charge >= 0.3 is 0 Å². The summed E-state index contributed by atoms with van der Waals surface area (Å²) < 4.78 is 11.5. The van der Waals surface area contributed by atoms with Crippen LogP contribution in [0, 0.1) is 6.92 Å². The van der Waals surface area contributed by atoms with E-state index in [-0.39, 0.29) is 18.1 Å². The number of aromatic nitrogens is 3. The number of amides is 2. The number of hydrogen-bond acceptors (Lipinski definition) is 7. The Morgan fingerprint density at radius 1 is 1.06 bits per heavy atom. The fourth-order valence-electron chi connectivity index (χ4n) is 2.71. The highest BCUT2D eigenvalue weighted by molar-refractivity contribution is 6.31. The first-order chi connectivity index (χ1) is 14.8. The van der Waals surface area contributed by atoms with Crippen LogP contribution >= 0.6 is 11.6 Å². The Hall–Kier alpha value is -3.79. The van der Waals surface area contributed by atoms with Gasteiger partial charge in [-0.25, -0.2) is 4.68 Å². The van der Waals surface area contributed by atoms with E-state index >= 15 is 0 Å². The van der Waals surface area contributed by atoms with Crippen LogP contribution in [0.25, 0.3) is 0 Å². The van der Waals surface area contributed by atoms with Gasteiger partial charge in [0.15, 0.2) is 23.0 Å². The molecule has 0 saturated carbocycles. The first kappa shape index (κ1) is 21.9. The summed E-state index contributed by atoms with van der Waals surface area (Å²) in [6.45, 7) is 1.61. The molecule has 10 nitrogen and oxygen atoms in total. The van der Waals surface area contributed by atoms with Crippen LogP contribution in [0.15, 0.2) is 36.4 Å². The van der Waals surface area contributed by atoms with E-state index in [2.05, 4.69) is 20.9 Å². The van der Waals surface area contributed by atoms with Crippen LogP contribution in [0.4, 0.5) is 17.2 Å². The van der Waals surface area contributed by atoms with Gasteiger partial charge in [0.25, 0.3) is 5.91 Å². The third-order valence-corrected chi connectivity index (χ3v) is 4.79.